The zero-order valence-electron chi connectivity index (χ0n) is 24.2. The summed E-state index contributed by atoms with van der Waals surface area (Å²) in [4.78, 5) is 37.5. The molecule has 0 radical (unpaired) electrons. The molecule has 8 heteroatoms. The Kier molecular flexibility index (Phi) is 8.95. The molecule has 2 fully saturated rings. The first kappa shape index (κ1) is 29.1. The molecule has 2 aliphatic rings. The number of carbonyl (C=O) groups excluding carboxylic acids is 2. The van der Waals surface area contributed by atoms with Crippen LogP contribution >= 0.6 is 11.6 Å². The molecule has 216 valence electrons. The lowest BCUT2D eigenvalue weighted by Gasteiger charge is -2.41. The number of piperidine rings is 1. The van der Waals surface area contributed by atoms with Gasteiger partial charge in [0.1, 0.15) is 5.15 Å². The van der Waals surface area contributed by atoms with E-state index in [1.165, 1.54) is 0 Å². The lowest BCUT2D eigenvalue weighted by molar-refractivity contribution is 0.0903. The number of carbonyl (C=O) groups is 2. The number of benzene rings is 2. The monoisotopic (exact) mass is 573 g/mol. The third kappa shape index (κ3) is 6.26. The van der Waals surface area contributed by atoms with E-state index >= 15 is 0 Å². The summed E-state index contributed by atoms with van der Waals surface area (Å²) in [6.45, 7) is 8.46. The second kappa shape index (κ2) is 12.6. The van der Waals surface area contributed by atoms with Crippen LogP contribution in [0.2, 0.25) is 5.15 Å². The summed E-state index contributed by atoms with van der Waals surface area (Å²) in [6, 6.07) is 20.2. The lowest BCUT2D eigenvalue weighted by atomic mass is 9.96. The van der Waals surface area contributed by atoms with E-state index in [1.807, 2.05) is 61.2 Å². The molecule has 0 bridgehead atoms. The third-order valence-electron chi connectivity index (χ3n) is 8.74. The van der Waals surface area contributed by atoms with E-state index in [2.05, 4.69) is 33.8 Å². The minimum atomic E-state index is -0.0161. The summed E-state index contributed by atoms with van der Waals surface area (Å²) in [6.07, 6.45) is 4.13. The molecule has 7 nitrogen and oxygen atoms in total. The number of nitrogens with zero attached hydrogens (tertiary/aromatic N) is 4. The molecule has 41 heavy (non-hydrogen) atoms. The summed E-state index contributed by atoms with van der Waals surface area (Å²) in [7, 11) is 0. The Balaban J connectivity index is 1.20. The first-order valence-electron chi connectivity index (χ1n) is 14.6. The predicted molar refractivity (Wildman–Crippen MR) is 166 cm³/mol. The number of likely N-dealkylation sites (tertiary alicyclic amines) is 1. The van der Waals surface area contributed by atoms with Crippen LogP contribution in [0.1, 0.15) is 72.2 Å². The highest BCUT2D eigenvalue weighted by molar-refractivity contribution is 6.29. The maximum absolute atomic E-state index is 13.9. The molecular weight excluding hydrogens is 534 g/mol. The van der Waals surface area contributed by atoms with Crippen LogP contribution in [0.3, 0.4) is 0 Å². The fourth-order valence-corrected chi connectivity index (χ4v) is 6.87. The van der Waals surface area contributed by atoms with Crippen molar-refractivity contribution in [3.05, 3.63) is 88.2 Å². The van der Waals surface area contributed by atoms with E-state index in [9.17, 15) is 9.59 Å². The first-order valence-corrected chi connectivity index (χ1v) is 15.0. The molecule has 3 aromatic rings. The number of nitrogens with two attached hydrogens (primary N) is 1. The van der Waals surface area contributed by atoms with Crippen LogP contribution in [0.25, 0.3) is 0 Å². The maximum atomic E-state index is 13.9. The van der Waals surface area contributed by atoms with E-state index in [-0.39, 0.29) is 23.9 Å². The van der Waals surface area contributed by atoms with Crippen LogP contribution in [0.5, 0.6) is 0 Å². The van der Waals surface area contributed by atoms with Gasteiger partial charge < -0.3 is 15.5 Å². The standard InChI is InChI=1S/C33H40ClN5O2/c1-22-20-31(34)36-24(3)32(22)30(40)15-9-10-23(2)37-18-16-26(17-19-37)39-29(25-11-5-4-6-12-25)21-38(33(39)41)28-14-8-7-13-27(28)35/h4-8,11-14,20,23,26,29H,9-10,15-19,21,35H2,1-3H3/t23?,29-/m0/s1. The summed E-state index contributed by atoms with van der Waals surface area (Å²) in [5.41, 5.74) is 11.1. The molecule has 1 unspecified atom stereocenters. The number of hydrogen-bond acceptors (Lipinski definition) is 5. The average Bonchev–Trinajstić information content (AvgIpc) is 3.30. The minimum absolute atomic E-state index is 0.0161. The Hall–Kier alpha value is -3.42. The highest BCUT2D eigenvalue weighted by atomic mass is 35.5. The van der Waals surface area contributed by atoms with Crippen LogP contribution in [0, 0.1) is 13.8 Å². The SMILES string of the molecule is Cc1cc(Cl)nc(C)c1C(=O)CCCC(C)N1CCC(N2C(=O)N(c3ccccc3N)C[C@H]2c2ccccc2)CC1. The predicted octanol–water partition coefficient (Wildman–Crippen LogP) is 6.82. The lowest BCUT2D eigenvalue weighted by Crippen LogP contribution is -2.49. The van der Waals surface area contributed by atoms with E-state index in [1.54, 1.807) is 6.07 Å². The topological polar surface area (TPSA) is 82.8 Å². The average molecular weight is 574 g/mol. The summed E-state index contributed by atoms with van der Waals surface area (Å²) in [5, 5.41) is 0.427. The molecule has 0 spiro atoms. The highest BCUT2D eigenvalue weighted by Crippen LogP contribution is 2.38. The van der Waals surface area contributed by atoms with E-state index in [0.29, 0.717) is 41.1 Å². The van der Waals surface area contributed by atoms with Crippen LogP contribution in [0.15, 0.2) is 60.7 Å². The van der Waals surface area contributed by atoms with E-state index in [4.69, 9.17) is 17.3 Å². The fourth-order valence-electron chi connectivity index (χ4n) is 6.57. The van der Waals surface area contributed by atoms with Crippen molar-refractivity contribution >= 4 is 34.8 Å². The highest BCUT2D eigenvalue weighted by Gasteiger charge is 2.44. The molecule has 2 N–H and O–H groups in total. The summed E-state index contributed by atoms with van der Waals surface area (Å²) < 4.78 is 0. The number of urea groups is 1. The number of rotatable bonds is 9. The van der Waals surface area contributed by atoms with Gasteiger partial charge in [-0.05, 0) is 75.8 Å². The third-order valence-corrected chi connectivity index (χ3v) is 8.94. The number of pyridine rings is 1. The molecule has 2 atom stereocenters. The zero-order chi connectivity index (χ0) is 29.1. The molecule has 2 aliphatic heterocycles. The van der Waals surface area contributed by atoms with Gasteiger partial charge >= 0.3 is 6.03 Å². The van der Waals surface area contributed by atoms with Crippen molar-refractivity contribution in [2.45, 2.75) is 71.0 Å². The molecule has 1 aromatic heterocycles. The summed E-state index contributed by atoms with van der Waals surface area (Å²) >= 11 is 6.04. The largest absolute Gasteiger partial charge is 0.397 e. The number of aryl methyl sites for hydroxylation is 2. The van der Waals surface area contributed by atoms with Crippen LogP contribution in [-0.2, 0) is 0 Å². The number of halogens is 1. The Morgan fingerprint density at radius 2 is 1.76 bits per heavy atom. The normalized spacial score (nSPS) is 19.1. The molecule has 2 saturated heterocycles. The van der Waals surface area contributed by atoms with Gasteiger partial charge in [-0.1, -0.05) is 54.1 Å². The molecule has 0 saturated carbocycles. The van der Waals surface area contributed by atoms with Crippen molar-refractivity contribution in [3.8, 4) is 0 Å². The van der Waals surface area contributed by atoms with Gasteiger partial charge in [-0.25, -0.2) is 9.78 Å². The number of amides is 2. The van der Waals surface area contributed by atoms with Gasteiger partial charge in [0.05, 0.1) is 29.7 Å². The number of nitrogen functional groups attached to an aromatic ring is 1. The van der Waals surface area contributed by atoms with Crippen LogP contribution in [-0.4, -0.2) is 58.3 Å². The Bertz CT molecular complexity index is 1370. The van der Waals surface area contributed by atoms with Gasteiger partial charge in [-0.2, -0.15) is 0 Å². The molecule has 5 rings (SSSR count). The van der Waals surface area contributed by atoms with Gasteiger partial charge in [0.15, 0.2) is 5.78 Å². The number of anilines is 2. The van der Waals surface area contributed by atoms with Gasteiger partial charge in [-0.3, -0.25) is 9.69 Å². The number of hydrogen-bond donors (Lipinski definition) is 1. The van der Waals surface area contributed by atoms with Crippen molar-refractivity contribution in [1.29, 1.82) is 0 Å². The Morgan fingerprint density at radius 1 is 1.07 bits per heavy atom. The second-order valence-electron chi connectivity index (χ2n) is 11.4. The zero-order valence-corrected chi connectivity index (χ0v) is 25.0. The smallest absolute Gasteiger partial charge is 0.325 e. The van der Waals surface area contributed by atoms with Crippen molar-refractivity contribution in [1.82, 2.24) is 14.8 Å². The molecule has 2 amide bonds. The number of aromatic nitrogens is 1. The number of para-hydroxylation sites is 2. The molecule has 2 aromatic carbocycles. The van der Waals surface area contributed by atoms with Gasteiger partial charge in [0.25, 0.3) is 0 Å². The van der Waals surface area contributed by atoms with Crippen molar-refractivity contribution < 1.29 is 9.59 Å². The van der Waals surface area contributed by atoms with Crippen molar-refractivity contribution in [2.24, 2.45) is 0 Å². The van der Waals surface area contributed by atoms with E-state index < -0.39 is 0 Å². The number of ketones is 1. The van der Waals surface area contributed by atoms with Gasteiger partial charge in [0.2, 0.25) is 0 Å². The van der Waals surface area contributed by atoms with Crippen molar-refractivity contribution in [3.63, 3.8) is 0 Å². The second-order valence-corrected chi connectivity index (χ2v) is 11.8. The Labute approximate surface area is 248 Å². The molecule has 3 heterocycles. The van der Waals surface area contributed by atoms with E-state index in [0.717, 1.165) is 55.6 Å². The Morgan fingerprint density at radius 3 is 2.44 bits per heavy atom. The fraction of sp³-hybridized carbons (Fsp3) is 0.424. The molecule has 0 aliphatic carbocycles. The molecular formula is C33H40ClN5O2. The number of Topliss-reactive ketones (excluding diaryl/α,β-unsaturated/α-hetero) is 1. The van der Waals surface area contributed by atoms with Gasteiger partial charge in [0, 0.05) is 37.2 Å². The summed E-state index contributed by atoms with van der Waals surface area (Å²) in [5.74, 6) is 0.137. The quantitative estimate of drug-likeness (QED) is 0.172. The first-order chi connectivity index (χ1) is 19.7. The van der Waals surface area contributed by atoms with Crippen LogP contribution < -0.4 is 10.6 Å². The van der Waals surface area contributed by atoms with Crippen LogP contribution in [0.4, 0.5) is 16.2 Å². The maximum Gasteiger partial charge on any atom is 0.325 e. The minimum Gasteiger partial charge on any atom is -0.397 e. The van der Waals surface area contributed by atoms with Gasteiger partial charge in [-0.15, -0.1) is 0 Å². The van der Waals surface area contributed by atoms with Crippen molar-refractivity contribution in [2.75, 3.05) is 30.3 Å².